The minimum atomic E-state index is 0. The number of benzene rings is 2. The van der Waals surface area contributed by atoms with Crippen LogP contribution >= 0.6 is 0 Å². The molecule has 2 aromatic carbocycles. The molecule has 2 nitrogen and oxygen atoms in total. The smallest absolute Gasteiger partial charge is 0.0636 e. The van der Waals surface area contributed by atoms with E-state index in [1.807, 2.05) is 0 Å². The van der Waals surface area contributed by atoms with Crippen molar-refractivity contribution in [3.8, 4) is 0 Å². The fourth-order valence-electron chi connectivity index (χ4n) is 7.04. The van der Waals surface area contributed by atoms with Crippen LogP contribution in [0.25, 0.3) is 0 Å². The summed E-state index contributed by atoms with van der Waals surface area (Å²) < 4.78 is 0. The zero-order valence-corrected chi connectivity index (χ0v) is 34.8. The van der Waals surface area contributed by atoms with Gasteiger partial charge in [0.2, 0.25) is 0 Å². The molecule has 0 saturated heterocycles. The van der Waals surface area contributed by atoms with E-state index in [4.69, 9.17) is 9.98 Å². The van der Waals surface area contributed by atoms with Gasteiger partial charge in [0, 0.05) is 16.5 Å². The molecule has 0 N–H and O–H groups in total. The van der Waals surface area contributed by atoms with Crippen molar-refractivity contribution in [2.45, 2.75) is 215 Å². The average molecular weight is 730 g/mol. The Morgan fingerprint density at radius 3 is 1.06 bits per heavy atom. The van der Waals surface area contributed by atoms with Crippen LogP contribution in [0, 0.1) is 0 Å². The van der Waals surface area contributed by atoms with E-state index < -0.39 is 0 Å². The van der Waals surface area contributed by atoms with Gasteiger partial charge in [-0.1, -0.05) is 150 Å². The number of hydrogen-bond donors (Lipinski definition) is 0. The van der Waals surface area contributed by atoms with Crippen LogP contribution in [0.15, 0.2) is 46.4 Å². The number of aliphatic imine (C=N–C) groups is 2. The molecule has 2 aromatic rings. The van der Waals surface area contributed by atoms with Gasteiger partial charge in [-0.15, -0.1) is 0 Å². The summed E-state index contributed by atoms with van der Waals surface area (Å²) in [5.41, 5.74) is 10.9. The van der Waals surface area contributed by atoms with E-state index in [1.165, 1.54) is 183 Å². The molecule has 0 aliphatic heterocycles. The minimum absolute atomic E-state index is 0. The second-order valence-electron chi connectivity index (χ2n) is 14.8. The molecule has 0 bridgehead atoms. The van der Waals surface area contributed by atoms with Crippen LogP contribution in [-0.2, 0) is 42.2 Å². The van der Waals surface area contributed by atoms with E-state index in [0.717, 1.165) is 24.2 Å². The Labute approximate surface area is 321 Å². The number of aryl methyl sites for hydroxylation is 4. The van der Waals surface area contributed by atoms with E-state index in [9.17, 15) is 0 Å². The third-order valence-electron chi connectivity index (χ3n) is 10.2. The molecule has 0 aliphatic carbocycles. The first kappa shape index (κ1) is 46.3. The molecule has 0 fully saturated rings. The standard InChI is InChI=1S/C47H78N2.Ni/c1-7-13-19-20-21-27-33-47(49-45-37-35-41(29-23-15-9-3)43(39-45)31-25-17-11-5)46(32-26-18-12-6)48-44-36-34-40(28-22-14-8-2)42(38-44)30-24-16-10-4;/h34-39H,7-33H2,1-6H3;/b48-46+,49-47+;. The summed E-state index contributed by atoms with van der Waals surface area (Å²) in [5.74, 6) is 0. The number of rotatable bonds is 30. The van der Waals surface area contributed by atoms with Crippen LogP contribution in [-0.4, -0.2) is 11.4 Å². The summed E-state index contributed by atoms with van der Waals surface area (Å²) in [6.45, 7) is 13.8. The molecule has 0 aliphatic rings. The first-order chi connectivity index (χ1) is 24.1. The Kier molecular flexibility index (Phi) is 28.6. The fourth-order valence-corrected chi connectivity index (χ4v) is 7.04. The molecule has 0 amide bonds. The average Bonchev–Trinajstić information content (AvgIpc) is 3.11. The second kappa shape index (κ2) is 30.9. The van der Waals surface area contributed by atoms with Crippen LogP contribution in [0.3, 0.4) is 0 Å². The first-order valence-corrected chi connectivity index (χ1v) is 21.5. The van der Waals surface area contributed by atoms with Gasteiger partial charge < -0.3 is 0 Å². The molecule has 0 heterocycles. The number of hydrogen-bond acceptors (Lipinski definition) is 2. The molecule has 0 saturated carbocycles. The van der Waals surface area contributed by atoms with Crippen molar-refractivity contribution in [2.24, 2.45) is 9.98 Å². The zero-order chi connectivity index (χ0) is 35.4. The van der Waals surface area contributed by atoms with E-state index in [-0.39, 0.29) is 16.5 Å². The van der Waals surface area contributed by atoms with Gasteiger partial charge in [-0.3, -0.25) is 9.98 Å². The van der Waals surface area contributed by atoms with Crippen LogP contribution in [0.4, 0.5) is 11.4 Å². The summed E-state index contributed by atoms with van der Waals surface area (Å²) in [7, 11) is 0. The molecular formula is C47H78N2Ni. The van der Waals surface area contributed by atoms with Crippen molar-refractivity contribution < 1.29 is 16.5 Å². The monoisotopic (exact) mass is 729 g/mol. The Bertz CT molecular complexity index is 1180. The van der Waals surface area contributed by atoms with Gasteiger partial charge in [0.1, 0.15) is 0 Å². The summed E-state index contributed by atoms with van der Waals surface area (Å²) >= 11 is 0. The van der Waals surface area contributed by atoms with Crippen LogP contribution in [0.1, 0.15) is 211 Å². The quantitative estimate of drug-likeness (QED) is 0.0435. The molecule has 0 atom stereocenters. The predicted molar refractivity (Wildman–Crippen MR) is 222 cm³/mol. The van der Waals surface area contributed by atoms with Crippen molar-refractivity contribution in [1.82, 2.24) is 0 Å². The number of unbranched alkanes of at least 4 members (excludes halogenated alkanes) is 15. The van der Waals surface area contributed by atoms with Gasteiger partial charge >= 0.3 is 0 Å². The van der Waals surface area contributed by atoms with E-state index >= 15 is 0 Å². The van der Waals surface area contributed by atoms with Crippen LogP contribution in [0.2, 0.25) is 0 Å². The third kappa shape index (κ3) is 19.8. The maximum atomic E-state index is 5.53. The van der Waals surface area contributed by atoms with Gasteiger partial charge in [0.05, 0.1) is 22.8 Å². The van der Waals surface area contributed by atoms with Gasteiger partial charge in [-0.2, -0.15) is 0 Å². The van der Waals surface area contributed by atoms with Crippen molar-refractivity contribution >= 4 is 22.8 Å². The van der Waals surface area contributed by atoms with Gasteiger partial charge in [-0.25, -0.2) is 0 Å². The Balaban J connectivity index is 0.0000125. The summed E-state index contributed by atoms with van der Waals surface area (Å²) in [5, 5.41) is 0. The van der Waals surface area contributed by atoms with Crippen molar-refractivity contribution in [2.75, 3.05) is 0 Å². The SMILES string of the molecule is CCCCCCCCC(=N\c1ccc(CCCCC)c(CCCCC)c1)/C(CCCCC)=N/c1ccc(CCCCC)c(CCCCC)c1.[Ni]. The van der Waals surface area contributed by atoms with Crippen molar-refractivity contribution in [3.05, 3.63) is 58.7 Å². The fraction of sp³-hybridized carbons (Fsp3) is 0.702. The summed E-state index contributed by atoms with van der Waals surface area (Å²) in [6, 6.07) is 14.3. The molecule has 286 valence electrons. The molecule has 0 spiro atoms. The number of nitrogens with zero attached hydrogens (tertiary/aromatic N) is 2. The van der Waals surface area contributed by atoms with Crippen molar-refractivity contribution in [3.63, 3.8) is 0 Å². The van der Waals surface area contributed by atoms with E-state index in [0.29, 0.717) is 0 Å². The molecular weight excluding hydrogens is 651 g/mol. The predicted octanol–water partition coefficient (Wildman–Crippen LogP) is 15.8. The largest absolute Gasteiger partial charge is 0.252 e. The minimum Gasteiger partial charge on any atom is -0.252 e. The van der Waals surface area contributed by atoms with E-state index in [2.05, 4.69) is 77.9 Å². The molecule has 2 rings (SSSR count). The summed E-state index contributed by atoms with van der Waals surface area (Å²) in [4.78, 5) is 11.0. The van der Waals surface area contributed by atoms with Gasteiger partial charge in [0.25, 0.3) is 0 Å². The second-order valence-corrected chi connectivity index (χ2v) is 14.8. The van der Waals surface area contributed by atoms with Crippen LogP contribution < -0.4 is 0 Å². The Morgan fingerprint density at radius 1 is 0.360 bits per heavy atom. The van der Waals surface area contributed by atoms with Gasteiger partial charge in [-0.05, 0) is 124 Å². The van der Waals surface area contributed by atoms with E-state index in [1.54, 1.807) is 11.1 Å². The maximum Gasteiger partial charge on any atom is 0.0636 e. The molecule has 50 heavy (non-hydrogen) atoms. The Morgan fingerprint density at radius 2 is 0.660 bits per heavy atom. The van der Waals surface area contributed by atoms with Crippen molar-refractivity contribution in [1.29, 1.82) is 0 Å². The first-order valence-electron chi connectivity index (χ1n) is 21.5. The zero-order valence-electron chi connectivity index (χ0n) is 33.8. The normalized spacial score (nSPS) is 12.0. The topological polar surface area (TPSA) is 24.7 Å². The molecule has 0 radical (unpaired) electrons. The summed E-state index contributed by atoms with van der Waals surface area (Å²) in [6.07, 6.45) is 33.7. The molecule has 0 aromatic heterocycles. The van der Waals surface area contributed by atoms with Crippen LogP contribution in [0.5, 0.6) is 0 Å². The maximum absolute atomic E-state index is 5.53. The molecule has 0 unspecified atom stereocenters. The third-order valence-corrected chi connectivity index (χ3v) is 10.2. The Hall–Kier alpha value is -1.73. The molecule has 3 heteroatoms. The van der Waals surface area contributed by atoms with Gasteiger partial charge in [0.15, 0.2) is 0 Å².